The van der Waals surface area contributed by atoms with Crippen molar-refractivity contribution >= 4 is 0 Å². The zero-order chi connectivity index (χ0) is 8.18. The normalized spacial score (nSPS) is 41.1. The molecule has 0 amide bonds. The lowest BCUT2D eigenvalue weighted by Crippen LogP contribution is -2.26. The Balaban J connectivity index is 1.86. The molecule has 2 heterocycles. The van der Waals surface area contributed by atoms with Crippen molar-refractivity contribution in [3.8, 4) is 0 Å². The zero-order valence-electron chi connectivity index (χ0n) is 7.22. The summed E-state index contributed by atoms with van der Waals surface area (Å²) in [5.74, 6) is 0. The van der Waals surface area contributed by atoms with Crippen molar-refractivity contribution in [2.75, 3.05) is 13.1 Å². The molecule has 0 aromatic carbocycles. The van der Waals surface area contributed by atoms with Crippen LogP contribution in [0.3, 0.4) is 0 Å². The maximum absolute atomic E-state index is 12.3. The summed E-state index contributed by atoms with van der Waals surface area (Å²) in [6, 6.07) is 0.708. The summed E-state index contributed by atoms with van der Waals surface area (Å²) in [5, 5.41) is 0. The number of nitrogens with zero attached hydrogens (tertiary/aromatic N) is 1. The summed E-state index contributed by atoms with van der Waals surface area (Å²) >= 11 is 0. The molecule has 1 atom stereocenters. The Kier molecular flexibility index (Phi) is 1.24. The molecule has 12 heavy (non-hydrogen) atoms. The summed E-state index contributed by atoms with van der Waals surface area (Å²) in [7, 11) is 0. The first-order valence-electron chi connectivity index (χ1n) is 4.86. The smallest absolute Gasteiger partial charge is 0.0872 e. The van der Waals surface area contributed by atoms with Gasteiger partial charge in [-0.2, -0.15) is 0 Å². The third-order valence-electron chi connectivity index (χ3n) is 3.95. The zero-order valence-corrected chi connectivity index (χ0v) is 7.22. The fourth-order valence-electron chi connectivity index (χ4n) is 3.01. The van der Waals surface area contributed by atoms with Crippen molar-refractivity contribution in [1.29, 1.82) is 0 Å². The largest absolute Gasteiger partial charge is 0.295 e. The molecule has 1 saturated carbocycles. The van der Waals surface area contributed by atoms with Crippen molar-refractivity contribution in [2.24, 2.45) is 5.41 Å². The van der Waals surface area contributed by atoms with Gasteiger partial charge in [0.05, 0.1) is 6.33 Å². The van der Waals surface area contributed by atoms with Crippen LogP contribution in [0.1, 0.15) is 25.7 Å². The van der Waals surface area contributed by atoms with Gasteiger partial charge in [0.25, 0.3) is 0 Å². The molecule has 0 bridgehead atoms. The van der Waals surface area contributed by atoms with E-state index in [9.17, 15) is 4.39 Å². The third-order valence-corrected chi connectivity index (χ3v) is 3.95. The van der Waals surface area contributed by atoms with Crippen LogP contribution in [0.4, 0.5) is 4.39 Å². The van der Waals surface area contributed by atoms with Gasteiger partial charge in [-0.1, -0.05) is 0 Å². The standard InChI is InChI=1S/C10H14FN/c11-6-8-5-9-10(1-2-10)3-4-12(9)7-8/h6,9H,1-5,7H2/b8-6-. The Morgan fingerprint density at radius 3 is 2.92 bits per heavy atom. The molecule has 1 spiro atoms. The number of hydrogen-bond donors (Lipinski definition) is 0. The Labute approximate surface area is 72.2 Å². The molecule has 0 N–H and O–H groups in total. The van der Waals surface area contributed by atoms with Gasteiger partial charge in [-0.3, -0.25) is 4.90 Å². The molecule has 3 fully saturated rings. The van der Waals surface area contributed by atoms with Crippen LogP contribution in [-0.4, -0.2) is 24.0 Å². The van der Waals surface area contributed by atoms with Gasteiger partial charge in [0.1, 0.15) is 0 Å². The molecule has 3 aliphatic rings. The van der Waals surface area contributed by atoms with E-state index in [2.05, 4.69) is 4.90 Å². The van der Waals surface area contributed by atoms with Crippen LogP contribution >= 0.6 is 0 Å². The van der Waals surface area contributed by atoms with E-state index in [-0.39, 0.29) is 0 Å². The molecule has 2 aliphatic heterocycles. The summed E-state index contributed by atoms with van der Waals surface area (Å²) < 4.78 is 12.3. The van der Waals surface area contributed by atoms with E-state index < -0.39 is 0 Å². The summed E-state index contributed by atoms with van der Waals surface area (Å²) in [6.45, 7) is 2.12. The fourth-order valence-corrected chi connectivity index (χ4v) is 3.01. The van der Waals surface area contributed by atoms with Gasteiger partial charge in [0.15, 0.2) is 0 Å². The topological polar surface area (TPSA) is 3.24 Å². The highest BCUT2D eigenvalue weighted by Crippen LogP contribution is 2.60. The lowest BCUT2D eigenvalue weighted by Gasteiger charge is -2.17. The van der Waals surface area contributed by atoms with Crippen LogP contribution in [0.5, 0.6) is 0 Å². The van der Waals surface area contributed by atoms with Gasteiger partial charge >= 0.3 is 0 Å². The molecule has 2 heteroatoms. The second kappa shape index (κ2) is 2.11. The van der Waals surface area contributed by atoms with E-state index in [1.807, 2.05) is 0 Å². The molecule has 0 radical (unpaired) electrons. The van der Waals surface area contributed by atoms with Gasteiger partial charge in [-0.25, -0.2) is 4.39 Å². The Hall–Kier alpha value is -0.370. The SMILES string of the molecule is F/C=C1/CC2N(CCC23CC3)C1. The number of halogens is 1. The molecule has 1 aliphatic carbocycles. The molecule has 0 aromatic heterocycles. The lowest BCUT2D eigenvalue weighted by atomic mass is 9.94. The highest BCUT2D eigenvalue weighted by molar-refractivity contribution is 5.20. The summed E-state index contributed by atoms with van der Waals surface area (Å²) in [6.07, 6.45) is 6.00. The summed E-state index contributed by atoms with van der Waals surface area (Å²) in [5.41, 5.74) is 1.66. The minimum absolute atomic E-state index is 0.644. The Morgan fingerprint density at radius 1 is 1.42 bits per heavy atom. The van der Waals surface area contributed by atoms with Crippen LogP contribution < -0.4 is 0 Å². The maximum atomic E-state index is 12.3. The predicted octanol–water partition coefficient (Wildman–Crippen LogP) is 2.10. The minimum Gasteiger partial charge on any atom is -0.295 e. The quantitative estimate of drug-likeness (QED) is 0.534. The molecular weight excluding hydrogens is 153 g/mol. The second-order valence-electron chi connectivity index (χ2n) is 4.57. The van der Waals surface area contributed by atoms with Crippen molar-refractivity contribution in [3.63, 3.8) is 0 Å². The fraction of sp³-hybridized carbons (Fsp3) is 0.800. The van der Waals surface area contributed by atoms with Gasteiger partial charge in [0.2, 0.25) is 0 Å². The van der Waals surface area contributed by atoms with E-state index >= 15 is 0 Å². The molecule has 0 aromatic rings. The monoisotopic (exact) mass is 167 g/mol. The molecule has 66 valence electrons. The second-order valence-corrected chi connectivity index (χ2v) is 4.57. The molecule has 1 nitrogen and oxygen atoms in total. The highest BCUT2D eigenvalue weighted by Gasteiger charge is 2.57. The molecular formula is C10H14FN. The number of hydrogen-bond acceptors (Lipinski definition) is 1. The minimum atomic E-state index is 0.644. The molecule has 2 saturated heterocycles. The van der Waals surface area contributed by atoms with Crippen LogP contribution in [0.2, 0.25) is 0 Å². The average Bonchev–Trinajstić information content (AvgIpc) is 2.63. The van der Waals surface area contributed by atoms with Crippen LogP contribution in [0.25, 0.3) is 0 Å². The van der Waals surface area contributed by atoms with E-state index in [1.165, 1.54) is 25.8 Å². The van der Waals surface area contributed by atoms with Crippen LogP contribution in [0, 0.1) is 5.41 Å². The summed E-state index contributed by atoms with van der Waals surface area (Å²) in [4.78, 5) is 2.47. The van der Waals surface area contributed by atoms with E-state index in [0.717, 1.165) is 24.9 Å². The molecule has 3 rings (SSSR count). The van der Waals surface area contributed by atoms with Crippen LogP contribution in [-0.2, 0) is 0 Å². The first-order chi connectivity index (χ1) is 5.84. The van der Waals surface area contributed by atoms with Gasteiger partial charge < -0.3 is 0 Å². The number of rotatable bonds is 0. The first kappa shape index (κ1) is 7.07. The van der Waals surface area contributed by atoms with Crippen molar-refractivity contribution < 1.29 is 4.39 Å². The van der Waals surface area contributed by atoms with Gasteiger partial charge in [0, 0.05) is 12.6 Å². The maximum Gasteiger partial charge on any atom is 0.0872 e. The van der Waals surface area contributed by atoms with Crippen LogP contribution in [0.15, 0.2) is 11.9 Å². The van der Waals surface area contributed by atoms with E-state index in [0.29, 0.717) is 11.5 Å². The molecule has 1 unspecified atom stereocenters. The van der Waals surface area contributed by atoms with Crippen molar-refractivity contribution in [3.05, 3.63) is 11.9 Å². The third kappa shape index (κ3) is 0.764. The predicted molar refractivity (Wildman–Crippen MR) is 45.5 cm³/mol. The van der Waals surface area contributed by atoms with Gasteiger partial charge in [-0.15, -0.1) is 0 Å². The Bertz CT molecular complexity index is 242. The van der Waals surface area contributed by atoms with E-state index in [1.54, 1.807) is 0 Å². The lowest BCUT2D eigenvalue weighted by molar-refractivity contribution is 0.281. The van der Waals surface area contributed by atoms with E-state index in [4.69, 9.17) is 0 Å². The number of fused-ring (bicyclic) bond motifs is 2. The van der Waals surface area contributed by atoms with Crippen molar-refractivity contribution in [1.82, 2.24) is 4.90 Å². The first-order valence-corrected chi connectivity index (χ1v) is 4.86. The van der Waals surface area contributed by atoms with Crippen molar-refractivity contribution in [2.45, 2.75) is 31.7 Å². The Morgan fingerprint density at radius 2 is 2.25 bits per heavy atom. The van der Waals surface area contributed by atoms with Gasteiger partial charge in [-0.05, 0) is 43.2 Å². The average molecular weight is 167 g/mol. The highest BCUT2D eigenvalue weighted by atomic mass is 19.1.